The molecule has 1 N–H and O–H groups in total. The van der Waals surface area contributed by atoms with Crippen LogP contribution in [0.4, 0.5) is 4.39 Å². The van der Waals surface area contributed by atoms with Crippen molar-refractivity contribution in [1.82, 2.24) is 5.32 Å². The summed E-state index contributed by atoms with van der Waals surface area (Å²) in [5, 5.41) is 2.63. The van der Waals surface area contributed by atoms with Crippen LogP contribution in [0.5, 0.6) is 5.75 Å². The van der Waals surface area contributed by atoms with Crippen molar-refractivity contribution in [2.45, 2.75) is 25.3 Å². The van der Waals surface area contributed by atoms with E-state index in [2.05, 4.69) is 5.32 Å². The second kappa shape index (κ2) is 8.45. The average molecular weight is 413 g/mol. The maximum atomic E-state index is 13.6. The van der Waals surface area contributed by atoms with Gasteiger partial charge in [0.25, 0.3) is 5.91 Å². The molecule has 3 rings (SSSR count). The molecule has 3 aromatic carbocycles. The third-order valence-corrected chi connectivity index (χ3v) is 5.72. The van der Waals surface area contributed by atoms with Gasteiger partial charge < -0.3 is 9.50 Å². The molecule has 0 saturated carbocycles. The second-order valence-electron chi connectivity index (χ2n) is 6.60. The number of nitrogens with one attached hydrogen (secondary N) is 1. The zero-order chi connectivity index (χ0) is 21.0. The van der Waals surface area contributed by atoms with Gasteiger partial charge in [0.05, 0.1) is 0 Å². The first-order valence-corrected chi connectivity index (χ1v) is 10.3. The van der Waals surface area contributed by atoms with Crippen molar-refractivity contribution in [2.24, 2.45) is 0 Å². The summed E-state index contributed by atoms with van der Waals surface area (Å²) in [5.41, 5.74) is 2.07. The zero-order valence-electron chi connectivity index (χ0n) is 16.0. The van der Waals surface area contributed by atoms with Gasteiger partial charge in [0.2, 0.25) is 0 Å². The first-order valence-electron chi connectivity index (χ1n) is 8.90. The first kappa shape index (κ1) is 20.5. The van der Waals surface area contributed by atoms with Crippen LogP contribution >= 0.6 is 0 Å². The van der Waals surface area contributed by atoms with Crippen LogP contribution < -0.4 is 9.50 Å². The highest BCUT2D eigenvalue weighted by Crippen LogP contribution is 2.22. The lowest BCUT2D eigenvalue weighted by Gasteiger charge is -2.11. The fraction of sp³-hybridized carbons (Fsp3) is 0.136. The third kappa shape index (κ3) is 5.00. The van der Waals surface area contributed by atoms with E-state index in [0.29, 0.717) is 16.7 Å². The minimum Gasteiger partial charge on any atom is -0.379 e. The van der Waals surface area contributed by atoms with Gasteiger partial charge in [0, 0.05) is 17.7 Å². The Morgan fingerprint density at radius 1 is 1.00 bits per heavy atom. The summed E-state index contributed by atoms with van der Waals surface area (Å²) < 4.78 is 43.9. The summed E-state index contributed by atoms with van der Waals surface area (Å²) >= 11 is 0. The molecule has 1 amide bonds. The number of hydrogen-bond acceptors (Lipinski definition) is 4. The minimum absolute atomic E-state index is 0.0464. The average Bonchev–Trinajstić information content (AvgIpc) is 2.69. The summed E-state index contributed by atoms with van der Waals surface area (Å²) in [4.78, 5) is 12.3. The molecule has 0 spiro atoms. The molecule has 0 aliphatic rings. The Hall–Kier alpha value is -3.19. The molecule has 0 heterocycles. The Bertz CT molecular complexity index is 1140. The lowest BCUT2D eigenvalue weighted by atomic mass is 10.2. The highest BCUT2D eigenvalue weighted by atomic mass is 32.2. The Labute approximate surface area is 169 Å². The SMILES string of the molecule is Cc1ccc(C)c(S(=O)(=O)Oc2ccc(C(=O)NCc3ccccc3F)cc2)c1. The highest BCUT2D eigenvalue weighted by Gasteiger charge is 2.19. The van der Waals surface area contributed by atoms with Gasteiger partial charge in [-0.1, -0.05) is 30.3 Å². The number of amides is 1. The molecule has 0 atom stereocenters. The molecule has 0 unspecified atom stereocenters. The standard InChI is InChI=1S/C22H20FNO4S/c1-15-7-8-16(2)21(13-15)29(26,27)28-19-11-9-17(10-12-19)22(25)24-14-18-5-3-4-6-20(18)23/h3-13H,14H2,1-2H3,(H,24,25). The Balaban J connectivity index is 1.69. The van der Waals surface area contributed by atoms with Crippen LogP contribution in [0.3, 0.4) is 0 Å². The Morgan fingerprint density at radius 3 is 2.38 bits per heavy atom. The van der Waals surface area contributed by atoms with Crippen LogP contribution in [0.15, 0.2) is 71.6 Å². The third-order valence-electron chi connectivity index (χ3n) is 4.33. The Kier molecular flexibility index (Phi) is 5.98. The minimum atomic E-state index is -3.99. The van der Waals surface area contributed by atoms with Crippen molar-refractivity contribution in [3.05, 3.63) is 94.8 Å². The molecule has 0 bridgehead atoms. The van der Waals surface area contributed by atoms with E-state index in [1.54, 1.807) is 44.2 Å². The van der Waals surface area contributed by atoms with Gasteiger partial charge in [-0.15, -0.1) is 0 Å². The monoisotopic (exact) mass is 413 g/mol. The summed E-state index contributed by atoms with van der Waals surface area (Å²) in [6.45, 7) is 3.54. The van der Waals surface area contributed by atoms with Crippen molar-refractivity contribution in [1.29, 1.82) is 0 Å². The number of hydrogen-bond donors (Lipinski definition) is 1. The van der Waals surface area contributed by atoms with Gasteiger partial charge in [0.1, 0.15) is 16.5 Å². The molecule has 5 nitrogen and oxygen atoms in total. The van der Waals surface area contributed by atoms with Crippen molar-refractivity contribution >= 4 is 16.0 Å². The van der Waals surface area contributed by atoms with E-state index in [-0.39, 0.29) is 17.2 Å². The fourth-order valence-electron chi connectivity index (χ4n) is 2.73. The van der Waals surface area contributed by atoms with E-state index < -0.39 is 21.8 Å². The number of halogens is 1. The highest BCUT2D eigenvalue weighted by molar-refractivity contribution is 7.87. The number of carbonyl (C=O) groups excluding carboxylic acids is 1. The molecule has 0 aliphatic heterocycles. The molecule has 3 aromatic rings. The molecular formula is C22H20FNO4S. The van der Waals surface area contributed by atoms with Gasteiger partial charge in [0.15, 0.2) is 0 Å². The summed E-state index contributed by atoms with van der Waals surface area (Å²) in [7, 11) is -3.99. The maximum absolute atomic E-state index is 13.6. The number of rotatable bonds is 6. The van der Waals surface area contributed by atoms with Gasteiger partial charge >= 0.3 is 10.1 Å². The molecule has 0 fully saturated rings. The van der Waals surface area contributed by atoms with E-state index >= 15 is 0 Å². The normalized spacial score (nSPS) is 11.1. The van der Waals surface area contributed by atoms with Gasteiger partial charge in [-0.05, 0) is 61.4 Å². The van der Waals surface area contributed by atoms with Crippen molar-refractivity contribution in [2.75, 3.05) is 0 Å². The molecule has 0 saturated heterocycles. The van der Waals surface area contributed by atoms with Crippen LogP contribution in [-0.2, 0) is 16.7 Å². The van der Waals surface area contributed by atoms with Gasteiger partial charge in [-0.3, -0.25) is 4.79 Å². The molecule has 0 aliphatic carbocycles. The van der Waals surface area contributed by atoms with E-state index in [1.807, 2.05) is 6.07 Å². The number of carbonyl (C=O) groups is 1. The quantitative estimate of drug-likeness (QED) is 0.617. The lowest BCUT2D eigenvalue weighted by Crippen LogP contribution is -2.23. The van der Waals surface area contributed by atoms with Gasteiger partial charge in [-0.25, -0.2) is 4.39 Å². The van der Waals surface area contributed by atoms with E-state index in [1.165, 1.54) is 30.3 Å². The van der Waals surface area contributed by atoms with Crippen LogP contribution in [0.2, 0.25) is 0 Å². The number of aryl methyl sites for hydroxylation is 2. The second-order valence-corrected chi connectivity index (χ2v) is 8.12. The maximum Gasteiger partial charge on any atom is 0.339 e. The predicted octanol–water partition coefficient (Wildman–Crippen LogP) is 4.14. The van der Waals surface area contributed by atoms with Crippen LogP contribution in [-0.4, -0.2) is 14.3 Å². The molecular weight excluding hydrogens is 393 g/mol. The summed E-state index contributed by atoms with van der Waals surface area (Å²) in [6.07, 6.45) is 0. The lowest BCUT2D eigenvalue weighted by molar-refractivity contribution is 0.0950. The van der Waals surface area contributed by atoms with Crippen molar-refractivity contribution in [3.63, 3.8) is 0 Å². The molecule has 150 valence electrons. The molecule has 0 radical (unpaired) electrons. The molecule has 0 aromatic heterocycles. The van der Waals surface area contributed by atoms with Crippen molar-refractivity contribution in [3.8, 4) is 5.75 Å². The summed E-state index contributed by atoms with van der Waals surface area (Å²) in [5.74, 6) is -0.707. The van der Waals surface area contributed by atoms with E-state index in [9.17, 15) is 17.6 Å². The Morgan fingerprint density at radius 2 is 1.69 bits per heavy atom. The van der Waals surface area contributed by atoms with Gasteiger partial charge in [-0.2, -0.15) is 8.42 Å². The van der Waals surface area contributed by atoms with E-state index in [0.717, 1.165) is 5.56 Å². The fourth-order valence-corrected chi connectivity index (χ4v) is 3.98. The largest absolute Gasteiger partial charge is 0.379 e. The molecule has 29 heavy (non-hydrogen) atoms. The zero-order valence-corrected chi connectivity index (χ0v) is 16.8. The topological polar surface area (TPSA) is 72.5 Å². The number of benzene rings is 3. The van der Waals surface area contributed by atoms with E-state index in [4.69, 9.17) is 4.18 Å². The smallest absolute Gasteiger partial charge is 0.339 e. The molecule has 7 heteroatoms. The van der Waals surface area contributed by atoms with Crippen LogP contribution in [0.1, 0.15) is 27.0 Å². The summed E-state index contributed by atoms with van der Waals surface area (Å²) in [6, 6.07) is 17.0. The van der Waals surface area contributed by atoms with Crippen molar-refractivity contribution < 1.29 is 21.8 Å². The van der Waals surface area contributed by atoms with Crippen LogP contribution in [0.25, 0.3) is 0 Å². The first-order chi connectivity index (χ1) is 13.8. The predicted molar refractivity (Wildman–Crippen MR) is 108 cm³/mol. The van der Waals surface area contributed by atoms with Crippen LogP contribution in [0, 0.1) is 19.7 Å².